The first-order valence-corrected chi connectivity index (χ1v) is 7.82. The largest absolute Gasteiger partial charge is 0.497 e. The van der Waals surface area contributed by atoms with Crippen molar-refractivity contribution < 1.29 is 9.47 Å². The summed E-state index contributed by atoms with van der Waals surface area (Å²) < 4.78 is 11.3. The van der Waals surface area contributed by atoms with Crippen LogP contribution >= 0.6 is 0 Å². The van der Waals surface area contributed by atoms with Crippen LogP contribution in [0, 0.1) is 0 Å². The van der Waals surface area contributed by atoms with Crippen molar-refractivity contribution in [1.29, 1.82) is 0 Å². The van der Waals surface area contributed by atoms with Gasteiger partial charge in [-0.25, -0.2) is 0 Å². The summed E-state index contributed by atoms with van der Waals surface area (Å²) in [5.41, 5.74) is 1.23. The minimum absolute atomic E-state index is 0.151. The fraction of sp³-hybridized carbons (Fsp3) is 0.647. The molecular weight excluding hydrogens is 250 g/mol. The fourth-order valence-corrected chi connectivity index (χ4v) is 2.23. The topological polar surface area (TPSA) is 30.5 Å². The molecule has 0 aliphatic heterocycles. The minimum Gasteiger partial charge on any atom is -0.497 e. The van der Waals surface area contributed by atoms with Crippen LogP contribution in [0.1, 0.15) is 50.7 Å². The van der Waals surface area contributed by atoms with Crippen LogP contribution in [0.2, 0.25) is 0 Å². The molecule has 1 N–H and O–H groups in total. The number of methoxy groups -OCH3 is 1. The van der Waals surface area contributed by atoms with Gasteiger partial charge in [-0.15, -0.1) is 0 Å². The number of unbranched alkanes of at least 4 members (excludes halogenated alkanes) is 2. The zero-order valence-corrected chi connectivity index (χ0v) is 12.7. The van der Waals surface area contributed by atoms with Gasteiger partial charge in [-0.3, -0.25) is 0 Å². The average Bonchev–Trinajstić information content (AvgIpc) is 3.31. The first-order valence-electron chi connectivity index (χ1n) is 7.82. The maximum atomic E-state index is 6.08. The molecule has 3 nitrogen and oxygen atoms in total. The molecule has 0 radical (unpaired) electrons. The number of ether oxygens (including phenoxy) is 2. The van der Waals surface area contributed by atoms with E-state index < -0.39 is 0 Å². The number of hydrogen-bond donors (Lipinski definition) is 1. The van der Waals surface area contributed by atoms with Crippen LogP contribution in [0.25, 0.3) is 0 Å². The Morgan fingerprint density at radius 3 is 2.55 bits per heavy atom. The molecule has 1 aliphatic carbocycles. The highest BCUT2D eigenvalue weighted by Crippen LogP contribution is 2.24. The Morgan fingerprint density at radius 2 is 1.95 bits per heavy atom. The van der Waals surface area contributed by atoms with Crippen LogP contribution in [0.3, 0.4) is 0 Å². The van der Waals surface area contributed by atoms with Crippen LogP contribution in [-0.2, 0) is 4.74 Å². The SMILES string of the molecule is CCCCCOC(CNC1CC1)c1ccc(OC)cc1. The van der Waals surface area contributed by atoms with Crippen molar-refractivity contribution in [3.8, 4) is 5.75 Å². The Hall–Kier alpha value is -1.06. The maximum absolute atomic E-state index is 6.08. The van der Waals surface area contributed by atoms with Gasteiger partial charge in [0.2, 0.25) is 0 Å². The molecule has 2 rings (SSSR count). The molecule has 0 aromatic heterocycles. The summed E-state index contributed by atoms with van der Waals surface area (Å²) in [6, 6.07) is 8.95. The summed E-state index contributed by atoms with van der Waals surface area (Å²) in [4.78, 5) is 0. The highest BCUT2D eigenvalue weighted by molar-refractivity contribution is 5.28. The van der Waals surface area contributed by atoms with Crippen LogP contribution in [0.15, 0.2) is 24.3 Å². The zero-order valence-electron chi connectivity index (χ0n) is 12.7. The molecule has 1 unspecified atom stereocenters. The predicted octanol–water partition coefficient (Wildman–Crippen LogP) is 3.70. The summed E-state index contributed by atoms with van der Waals surface area (Å²) in [5.74, 6) is 0.897. The molecule has 0 heterocycles. The minimum atomic E-state index is 0.151. The summed E-state index contributed by atoms with van der Waals surface area (Å²) >= 11 is 0. The quantitative estimate of drug-likeness (QED) is 0.662. The van der Waals surface area contributed by atoms with E-state index in [1.165, 1.54) is 31.2 Å². The summed E-state index contributed by atoms with van der Waals surface area (Å²) in [7, 11) is 1.70. The zero-order chi connectivity index (χ0) is 14.2. The van der Waals surface area contributed by atoms with Crippen molar-refractivity contribution in [3.63, 3.8) is 0 Å². The molecule has 1 atom stereocenters. The Bertz CT molecular complexity index is 373. The Kier molecular flexibility index (Phi) is 6.34. The smallest absolute Gasteiger partial charge is 0.118 e. The third-order valence-corrected chi connectivity index (χ3v) is 3.72. The van der Waals surface area contributed by atoms with Gasteiger partial charge in [-0.2, -0.15) is 0 Å². The van der Waals surface area contributed by atoms with E-state index in [-0.39, 0.29) is 6.10 Å². The summed E-state index contributed by atoms with van der Waals surface area (Å²) in [6.07, 6.45) is 6.39. The monoisotopic (exact) mass is 277 g/mol. The molecule has 0 amide bonds. The normalized spacial score (nSPS) is 16.1. The predicted molar refractivity (Wildman–Crippen MR) is 82.2 cm³/mol. The van der Waals surface area contributed by atoms with E-state index >= 15 is 0 Å². The molecule has 3 heteroatoms. The van der Waals surface area contributed by atoms with Crippen molar-refractivity contribution >= 4 is 0 Å². The van der Waals surface area contributed by atoms with E-state index in [1.807, 2.05) is 12.1 Å². The van der Waals surface area contributed by atoms with Crippen molar-refractivity contribution in [2.45, 2.75) is 51.2 Å². The van der Waals surface area contributed by atoms with Crippen molar-refractivity contribution in [2.24, 2.45) is 0 Å². The highest BCUT2D eigenvalue weighted by atomic mass is 16.5. The molecule has 0 saturated heterocycles. The van der Waals surface area contributed by atoms with Gasteiger partial charge in [-0.05, 0) is 37.0 Å². The third kappa shape index (κ3) is 5.14. The fourth-order valence-electron chi connectivity index (χ4n) is 2.23. The van der Waals surface area contributed by atoms with Gasteiger partial charge in [0.1, 0.15) is 5.75 Å². The van der Waals surface area contributed by atoms with E-state index in [1.54, 1.807) is 7.11 Å². The number of benzene rings is 1. The van der Waals surface area contributed by atoms with E-state index in [9.17, 15) is 0 Å². The lowest BCUT2D eigenvalue weighted by Gasteiger charge is -2.19. The molecule has 112 valence electrons. The number of rotatable bonds is 10. The van der Waals surface area contributed by atoms with E-state index in [0.29, 0.717) is 0 Å². The molecule has 1 aliphatic rings. The highest BCUT2D eigenvalue weighted by Gasteiger charge is 2.22. The van der Waals surface area contributed by atoms with Gasteiger partial charge in [0, 0.05) is 19.2 Å². The average molecular weight is 277 g/mol. The molecule has 1 saturated carbocycles. The lowest BCUT2D eigenvalue weighted by atomic mass is 10.1. The standard InChI is InChI=1S/C17H27NO2/c1-3-4-5-12-20-17(13-18-15-8-9-15)14-6-10-16(19-2)11-7-14/h6-7,10-11,15,17-18H,3-5,8-9,12-13H2,1-2H3. The van der Waals surface area contributed by atoms with Gasteiger partial charge in [0.05, 0.1) is 13.2 Å². The Morgan fingerprint density at radius 1 is 1.20 bits per heavy atom. The maximum Gasteiger partial charge on any atom is 0.118 e. The third-order valence-electron chi connectivity index (χ3n) is 3.72. The van der Waals surface area contributed by atoms with Gasteiger partial charge in [0.15, 0.2) is 0 Å². The Labute approximate surface area is 122 Å². The Balaban J connectivity index is 1.87. The molecular formula is C17H27NO2. The van der Waals surface area contributed by atoms with Crippen LogP contribution < -0.4 is 10.1 Å². The molecule has 0 spiro atoms. The lowest BCUT2D eigenvalue weighted by Crippen LogP contribution is -2.25. The number of nitrogens with one attached hydrogen (secondary N) is 1. The van der Waals surface area contributed by atoms with E-state index in [0.717, 1.165) is 31.4 Å². The van der Waals surface area contributed by atoms with E-state index in [4.69, 9.17) is 9.47 Å². The second-order valence-electron chi connectivity index (χ2n) is 5.52. The molecule has 1 aromatic rings. The summed E-state index contributed by atoms with van der Waals surface area (Å²) in [5, 5.41) is 3.57. The van der Waals surface area contributed by atoms with Gasteiger partial charge in [-0.1, -0.05) is 31.9 Å². The molecule has 20 heavy (non-hydrogen) atoms. The van der Waals surface area contributed by atoms with Crippen molar-refractivity contribution in [1.82, 2.24) is 5.32 Å². The van der Waals surface area contributed by atoms with Crippen molar-refractivity contribution in [2.75, 3.05) is 20.3 Å². The molecule has 0 bridgehead atoms. The second kappa shape index (κ2) is 8.28. The second-order valence-corrected chi connectivity index (χ2v) is 5.52. The first-order chi connectivity index (χ1) is 9.83. The van der Waals surface area contributed by atoms with E-state index in [2.05, 4.69) is 24.4 Å². The van der Waals surface area contributed by atoms with Crippen molar-refractivity contribution in [3.05, 3.63) is 29.8 Å². The first kappa shape index (κ1) is 15.3. The lowest BCUT2D eigenvalue weighted by molar-refractivity contribution is 0.0497. The summed E-state index contributed by atoms with van der Waals surface area (Å²) in [6.45, 7) is 3.97. The van der Waals surface area contributed by atoms with Crippen LogP contribution in [0.4, 0.5) is 0 Å². The molecule has 1 fully saturated rings. The van der Waals surface area contributed by atoms with Gasteiger partial charge >= 0.3 is 0 Å². The number of hydrogen-bond acceptors (Lipinski definition) is 3. The van der Waals surface area contributed by atoms with Gasteiger partial charge in [0.25, 0.3) is 0 Å². The van der Waals surface area contributed by atoms with Crippen LogP contribution in [0.5, 0.6) is 5.75 Å². The molecule has 1 aromatic carbocycles. The van der Waals surface area contributed by atoms with Crippen LogP contribution in [-0.4, -0.2) is 26.3 Å². The van der Waals surface area contributed by atoms with Gasteiger partial charge < -0.3 is 14.8 Å².